The maximum absolute atomic E-state index is 3.52. The lowest BCUT2D eigenvalue weighted by molar-refractivity contribution is 0.0749. The summed E-state index contributed by atoms with van der Waals surface area (Å²) in [4.78, 5) is 13.2. The smallest absolute Gasteiger partial charge is 0.0122 e. The van der Waals surface area contributed by atoms with Crippen LogP contribution in [0.2, 0.25) is 0 Å². The molecule has 6 rings (SSSR count). The first-order chi connectivity index (χ1) is 19.5. The van der Waals surface area contributed by atoms with Crippen molar-refractivity contribution in [3.8, 4) is 0 Å². The zero-order valence-corrected chi connectivity index (χ0v) is 27.3. The van der Waals surface area contributed by atoms with E-state index in [1.54, 1.807) is 0 Å². The van der Waals surface area contributed by atoms with Crippen LogP contribution < -0.4 is 5.32 Å². The maximum Gasteiger partial charge on any atom is 0.0122 e. The average Bonchev–Trinajstić information content (AvgIpc) is 3.01. The molecule has 6 fully saturated rings. The van der Waals surface area contributed by atoms with E-state index in [-0.39, 0.29) is 0 Å². The van der Waals surface area contributed by atoms with Crippen molar-refractivity contribution in [3.05, 3.63) is 0 Å². The maximum atomic E-state index is 3.52. The highest BCUT2D eigenvalue weighted by Crippen LogP contribution is 2.24. The van der Waals surface area contributed by atoms with Crippen molar-refractivity contribution >= 4 is 0 Å². The second kappa shape index (κ2) is 17.8. The van der Waals surface area contributed by atoms with Gasteiger partial charge in [0, 0.05) is 30.2 Å². The Morgan fingerprint density at radius 3 is 1.40 bits per heavy atom. The molecule has 0 radical (unpaired) electrons. The minimum Gasteiger partial charge on any atom is -0.314 e. The third-order valence-corrected chi connectivity index (χ3v) is 11.2. The fraction of sp³-hybridized carbons (Fsp3) is 1.00. The quantitative estimate of drug-likeness (QED) is 0.514. The summed E-state index contributed by atoms with van der Waals surface area (Å²) in [6.07, 6.45) is 21.3. The molecule has 0 aromatic rings. The van der Waals surface area contributed by atoms with Gasteiger partial charge < -0.3 is 29.8 Å². The molecule has 6 aliphatic rings. The van der Waals surface area contributed by atoms with Crippen molar-refractivity contribution in [1.29, 1.82) is 0 Å². The van der Waals surface area contributed by atoms with E-state index in [0.717, 1.165) is 30.2 Å². The number of nitrogens with zero attached hydrogens (tertiary/aromatic N) is 5. The summed E-state index contributed by atoms with van der Waals surface area (Å²) in [7, 11) is 4.50. The highest BCUT2D eigenvalue weighted by Gasteiger charge is 2.28. The SMILES string of the molecule is CC1CC(N2CCCCC2)CCN1.CC1CC(N2CCCCC2)CCN1C.CN1CCC(N2CCCCC2)CC1. The molecule has 40 heavy (non-hydrogen) atoms. The largest absolute Gasteiger partial charge is 0.314 e. The normalized spacial score (nSPS) is 34.8. The number of piperidine rings is 6. The first-order valence-corrected chi connectivity index (χ1v) is 17.8. The van der Waals surface area contributed by atoms with Crippen LogP contribution in [0, 0.1) is 0 Å². The minimum atomic E-state index is 0.737. The van der Waals surface area contributed by atoms with Gasteiger partial charge in [0.2, 0.25) is 0 Å². The standard InChI is InChI=1S/C12H24N2.2C11H22N2/c1-11-10-12(6-9-13(11)2)14-7-4-3-5-8-14;1-12-9-5-11(6-10-12)13-7-3-2-4-8-13;1-10-9-11(5-6-12-10)13-7-3-2-4-8-13/h11-12H,3-10H2,1-2H3;11H,2-10H2,1H3;10-12H,2-9H2,1H3. The summed E-state index contributed by atoms with van der Waals surface area (Å²) < 4.78 is 0. The molecule has 0 amide bonds. The number of rotatable bonds is 3. The third kappa shape index (κ3) is 10.8. The second-order valence-electron chi connectivity index (χ2n) is 14.4. The molecule has 6 aliphatic heterocycles. The predicted octanol–water partition coefficient (Wildman–Crippen LogP) is 5.13. The van der Waals surface area contributed by atoms with Gasteiger partial charge in [-0.2, -0.15) is 0 Å². The molecule has 0 aromatic heterocycles. The van der Waals surface area contributed by atoms with Crippen LogP contribution in [0.5, 0.6) is 0 Å². The number of hydrogen-bond acceptors (Lipinski definition) is 6. The van der Waals surface area contributed by atoms with Crippen molar-refractivity contribution in [2.75, 3.05) is 79.5 Å². The van der Waals surface area contributed by atoms with Gasteiger partial charge in [-0.3, -0.25) is 0 Å². The summed E-state index contributed by atoms with van der Waals surface area (Å²) in [5.74, 6) is 0. The molecule has 4 atom stereocenters. The van der Waals surface area contributed by atoms with Crippen LogP contribution in [0.15, 0.2) is 0 Å². The first kappa shape index (κ1) is 32.7. The molecule has 4 unspecified atom stereocenters. The molecule has 0 saturated carbocycles. The van der Waals surface area contributed by atoms with Gasteiger partial charge in [-0.25, -0.2) is 0 Å². The van der Waals surface area contributed by atoms with E-state index in [0.29, 0.717) is 0 Å². The Morgan fingerprint density at radius 2 is 0.925 bits per heavy atom. The monoisotopic (exact) mass is 561 g/mol. The molecule has 0 spiro atoms. The lowest BCUT2D eigenvalue weighted by Crippen LogP contribution is -2.48. The Hall–Kier alpha value is -0.240. The molecule has 6 heterocycles. The molecule has 0 bridgehead atoms. The van der Waals surface area contributed by atoms with E-state index in [2.05, 4.69) is 57.8 Å². The van der Waals surface area contributed by atoms with Crippen LogP contribution in [0.4, 0.5) is 0 Å². The first-order valence-electron chi connectivity index (χ1n) is 17.8. The van der Waals surface area contributed by atoms with Gasteiger partial charge in [-0.05, 0) is 170 Å². The molecular formula is C34H68N6. The van der Waals surface area contributed by atoms with Crippen molar-refractivity contribution in [3.63, 3.8) is 0 Å². The lowest BCUT2D eigenvalue weighted by atomic mass is 9.95. The van der Waals surface area contributed by atoms with Gasteiger partial charge in [0.1, 0.15) is 0 Å². The van der Waals surface area contributed by atoms with Gasteiger partial charge in [0.25, 0.3) is 0 Å². The Morgan fingerprint density at radius 1 is 0.475 bits per heavy atom. The van der Waals surface area contributed by atoms with Crippen molar-refractivity contribution in [1.82, 2.24) is 29.8 Å². The highest BCUT2D eigenvalue weighted by atomic mass is 15.2. The van der Waals surface area contributed by atoms with E-state index < -0.39 is 0 Å². The third-order valence-electron chi connectivity index (χ3n) is 11.2. The van der Waals surface area contributed by atoms with Crippen molar-refractivity contribution < 1.29 is 0 Å². The second-order valence-corrected chi connectivity index (χ2v) is 14.4. The molecule has 0 aliphatic carbocycles. The Bertz CT molecular complexity index is 649. The van der Waals surface area contributed by atoms with Crippen LogP contribution >= 0.6 is 0 Å². The van der Waals surface area contributed by atoms with Crippen molar-refractivity contribution in [2.24, 2.45) is 0 Å². The summed E-state index contributed by atoms with van der Waals surface area (Å²) in [5, 5.41) is 3.52. The van der Waals surface area contributed by atoms with Crippen LogP contribution in [-0.4, -0.2) is 134 Å². The van der Waals surface area contributed by atoms with Gasteiger partial charge in [0.05, 0.1) is 0 Å². The van der Waals surface area contributed by atoms with Gasteiger partial charge in [-0.1, -0.05) is 19.3 Å². The molecule has 0 aromatic carbocycles. The fourth-order valence-electron chi connectivity index (χ4n) is 8.24. The highest BCUT2D eigenvalue weighted by molar-refractivity contribution is 4.85. The van der Waals surface area contributed by atoms with Crippen LogP contribution in [0.3, 0.4) is 0 Å². The molecule has 6 nitrogen and oxygen atoms in total. The van der Waals surface area contributed by atoms with Gasteiger partial charge in [0.15, 0.2) is 0 Å². The number of hydrogen-bond donors (Lipinski definition) is 1. The van der Waals surface area contributed by atoms with Crippen LogP contribution in [-0.2, 0) is 0 Å². The van der Waals surface area contributed by atoms with E-state index in [9.17, 15) is 0 Å². The molecule has 6 heteroatoms. The predicted molar refractivity (Wildman–Crippen MR) is 172 cm³/mol. The van der Waals surface area contributed by atoms with Crippen molar-refractivity contribution in [2.45, 2.75) is 140 Å². The molecule has 234 valence electrons. The number of likely N-dealkylation sites (tertiary alicyclic amines) is 5. The van der Waals surface area contributed by atoms with E-state index >= 15 is 0 Å². The van der Waals surface area contributed by atoms with E-state index in [1.165, 1.54) is 162 Å². The van der Waals surface area contributed by atoms with Gasteiger partial charge in [-0.15, -0.1) is 0 Å². The van der Waals surface area contributed by atoms with E-state index in [4.69, 9.17) is 0 Å². The minimum absolute atomic E-state index is 0.737. The summed E-state index contributed by atoms with van der Waals surface area (Å²) >= 11 is 0. The van der Waals surface area contributed by atoms with Crippen LogP contribution in [0.25, 0.3) is 0 Å². The fourth-order valence-corrected chi connectivity index (χ4v) is 8.24. The molecule has 1 N–H and O–H groups in total. The molecular weight excluding hydrogens is 492 g/mol. The Kier molecular flexibility index (Phi) is 14.5. The summed E-state index contributed by atoms with van der Waals surface area (Å²) in [6.45, 7) is 18.0. The summed E-state index contributed by atoms with van der Waals surface area (Å²) in [6, 6.07) is 4.21. The molecule has 6 saturated heterocycles. The Labute approximate surface area is 249 Å². The Balaban J connectivity index is 0.000000139. The van der Waals surface area contributed by atoms with E-state index in [1.807, 2.05) is 0 Å². The average molecular weight is 561 g/mol. The van der Waals surface area contributed by atoms with Crippen LogP contribution in [0.1, 0.15) is 110 Å². The zero-order chi connectivity index (χ0) is 28.2. The number of nitrogens with one attached hydrogen (secondary N) is 1. The lowest BCUT2D eigenvalue weighted by Gasteiger charge is -2.42. The summed E-state index contributed by atoms with van der Waals surface area (Å²) in [5.41, 5.74) is 0. The zero-order valence-electron chi connectivity index (χ0n) is 27.3. The van der Waals surface area contributed by atoms with Gasteiger partial charge >= 0.3 is 0 Å². The topological polar surface area (TPSA) is 28.2 Å².